The molecule has 1 aliphatic heterocycles. The number of nitrogens with one attached hydrogen (secondary N) is 1. The highest BCUT2D eigenvalue weighted by atomic mass is 35.5. The molecule has 0 bridgehead atoms. The highest BCUT2D eigenvalue weighted by Crippen LogP contribution is 2.31. The van der Waals surface area contributed by atoms with Gasteiger partial charge in [-0.05, 0) is 55.0 Å². The number of hydrogen-bond acceptors (Lipinski definition) is 5. The summed E-state index contributed by atoms with van der Waals surface area (Å²) in [6, 6.07) is 13.0. The molecule has 3 aromatic rings. The van der Waals surface area contributed by atoms with E-state index in [1.807, 2.05) is 6.92 Å². The molecule has 0 atom stereocenters. The normalized spacial score (nSPS) is 13.0. The number of benzene rings is 2. The molecule has 0 spiro atoms. The maximum absolute atomic E-state index is 12.6. The maximum Gasteiger partial charge on any atom is 0.255 e. The Bertz CT molecular complexity index is 1300. The van der Waals surface area contributed by atoms with E-state index in [0.29, 0.717) is 28.5 Å². The van der Waals surface area contributed by atoms with Gasteiger partial charge in [0.05, 0.1) is 10.6 Å². The smallest absolute Gasteiger partial charge is 0.255 e. The summed E-state index contributed by atoms with van der Waals surface area (Å²) in [6.07, 6.45) is 3.52. The molecule has 6 nitrogen and oxygen atoms in total. The van der Waals surface area contributed by atoms with E-state index < -0.39 is 9.84 Å². The molecule has 2 aromatic carbocycles. The molecule has 8 heteroatoms. The number of hydrogen-bond donors (Lipinski definition) is 1. The van der Waals surface area contributed by atoms with Crippen LogP contribution in [0.1, 0.15) is 27.0 Å². The third-order valence-corrected chi connectivity index (χ3v) is 6.22. The van der Waals surface area contributed by atoms with Crippen LogP contribution in [0.25, 0.3) is 0 Å². The number of rotatable bonds is 4. The number of fused-ring (bicyclic) bond motifs is 1. The van der Waals surface area contributed by atoms with Crippen molar-refractivity contribution in [3.8, 4) is 0 Å². The number of sulfone groups is 1. The fraction of sp³-hybridized carbons (Fsp3) is 0.136. The molecule has 0 fully saturated rings. The van der Waals surface area contributed by atoms with Crippen molar-refractivity contribution in [1.29, 1.82) is 0 Å². The molecule has 0 unspecified atom stereocenters. The van der Waals surface area contributed by atoms with E-state index in [4.69, 9.17) is 11.6 Å². The van der Waals surface area contributed by atoms with Crippen molar-refractivity contribution >= 4 is 44.6 Å². The lowest BCUT2D eigenvalue weighted by molar-refractivity contribution is 0.102. The Morgan fingerprint density at radius 1 is 1.10 bits per heavy atom. The molecule has 30 heavy (non-hydrogen) atoms. The molecule has 152 valence electrons. The first kappa shape index (κ1) is 20.3. The molecule has 1 aliphatic rings. The zero-order valence-electron chi connectivity index (χ0n) is 16.3. The average Bonchev–Trinajstić information content (AvgIpc) is 3.11. The van der Waals surface area contributed by atoms with Gasteiger partial charge in [-0.3, -0.25) is 4.79 Å². The first-order valence-electron chi connectivity index (χ1n) is 9.15. The largest absolute Gasteiger partial charge is 0.322 e. The summed E-state index contributed by atoms with van der Waals surface area (Å²) in [6.45, 7) is 1.98. The van der Waals surface area contributed by atoms with Gasteiger partial charge in [-0.1, -0.05) is 17.7 Å². The Morgan fingerprint density at radius 3 is 2.53 bits per heavy atom. The third kappa shape index (κ3) is 4.13. The van der Waals surface area contributed by atoms with Gasteiger partial charge in [-0.25, -0.2) is 18.4 Å². The number of pyridine rings is 1. The minimum atomic E-state index is -3.31. The summed E-state index contributed by atoms with van der Waals surface area (Å²) in [5, 5.41) is 3.36. The summed E-state index contributed by atoms with van der Waals surface area (Å²) >= 11 is 6.39. The van der Waals surface area contributed by atoms with Crippen molar-refractivity contribution in [2.45, 2.75) is 18.2 Å². The molecule has 0 radical (unpaired) electrons. The molecule has 0 aliphatic carbocycles. The van der Waals surface area contributed by atoms with Crippen molar-refractivity contribution in [3.63, 3.8) is 0 Å². The fourth-order valence-electron chi connectivity index (χ4n) is 3.24. The Hall–Kier alpha value is -3.03. The standard InChI is InChI=1S/C22H18ClN3O3S/c1-13-9-15-10-20(26-21(15)24-12-13)18-11-16(5-8-19(18)23)25-22(27)14-3-6-17(7-4-14)30(2,28)29/h3-9,11-12H,10H2,1-2H3,(H,25,27). The fourth-order valence-corrected chi connectivity index (χ4v) is 4.09. The summed E-state index contributed by atoms with van der Waals surface area (Å²) in [5.41, 5.74) is 4.55. The SMILES string of the molecule is Cc1cnc2c(c1)CC(c1cc(NC(=O)c3ccc(S(C)(=O)=O)cc3)ccc1Cl)=N2. The summed E-state index contributed by atoms with van der Waals surface area (Å²) in [7, 11) is -3.31. The van der Waals surface area contributed by atoms with Gasteiger partial charge in [-0.2, -0.15) is 0 Å². The average molecular weight is 440 g/mol. The van der Waals surface area contributed by atoms with E-state index in [1.54, 1.807) is 24.4 Å². The predicted octanol–water partition coefficient (Wildman–Crippen LogP) is 4.38. The highest BCUT2D eigenvalue weighted by molar-refractivity contribution is 7.90. The minimum absolute atomic E-state index is 0.162. The van der Waals surface area contributed by atoms with E-state index in [2.05, 4.69) is 21.4 Å². The molecule has 1 aromatic heterocycles. The van der Waals surface area contributed by atoms with Gasteiger partial charge in [0, 0.05) is 46.3 Å². The molecule has 4 rings (SSSR count). The molecule has 0 saturated carbocycles. The first-order valence-corrected chi connectivity index (χ1v) is 11.4. The molecule has 1 N–H and O–H groups in total. The Morgan fingerprint density at radius 2 is 1.83 bits per heavy atom. The Balaban J connectivity index is 1.56. The quantitative estimate of drug-likeness (QED) is 0.653. The lowest BCUT2D eigenvalue weighted by Gasteiger charge is -2.10. The van der Waals surface area contributed by atoms with Crippen molar-refractivity contribution in [1.82, 2.24) is 4.98 Å². The minimum Gasteiger partial charge on any atom is -0.322 e. The second kappa shape index (κ2) is 7.66. The van der Waals surface area contributed by atoms with Crippen LogP contribution < -0.4 is 5.32 Å². The second-order valence-corrected chi connectivity index (χ2v) is 9.60. The molecule has 0 saturated heterocycles. The van der Waals surface area contributed by atoms with Crippen LogP contribution in [0.2, 0.25) is 5.02 Å². The van der Waals surface area contributed by atoms with Gasteiger partial charge in [0.2, 0.25) is 0 Å². The van der Waals surface area contributed by atoms with E-state index in [-0.39, 0.29) is 10.8 Å². The van der Waals surface area contributed by atoms with Crippen molar-refractivity contribution < 1.29 is 13.2 Å². The van der Waals surface area contributed by atoms with Gasteiger partial charge >= 0.3 is 0 Å². The van der Waals surface area contributed by atoms with Crippen molar-refractivity contribution in [2.75, 3.05) is 11.6 Å². The van der Waals surface area contributed by atoms with E-state index in [1.165, 1.54) is 24.3 Å². The van der Waals surface area contributed by atoms with Gasteiger partial charge in [-0.15, -0.1) is 0 Å². The number of aromatic nitrogens is 1. The topological polar surface area (TPSA) is 88.5 Å². The number of carbonyl (C=O) groups excluding carboxylic acids is 1. The molecular weight excluding hydrogens is 422 g/mol. The van der Waals surface area contributed by atoms with Crippen LogP contribution in [0.5, 0.6) is 0 Å². The second-order valence-electron chi connectivity index (χ2n) is 7.18. The first-order chi connectivity index (χ1) is 14.2. The van der Waals surface area contributed by atoms with Crippen LogP contribution in [0.4, 0.5) is 11.5 Å². The van der Waals surface area contributed by atoms with Gasteiger partial charge in [0.15, 0.2) is 15.7 Å². The number of halogens is 1. The zero-order valence-corrected chi connectivity index (χ0v) is 17.9. The monoisotopic (exact) mass is 439 g/mol. The molecule has 2 heterocycles. The van der Waals surface area contributed by atoms with Gasteiger partial charge in [0.25, 0.3) is 5.91 Å². The van der Waals surface area contributed by atoms with Gasteiger partial charge in [0.1, 0.15) is 0 Å². The number of amides is 1. The maximum atomic E-state index is 12.6. The van der Waals surface area contributed by atoms with Crippen molar-refractivity contribution in [2.24, 2.45) is 4.99 Å². The Kier molecular flexibility index (Phi) is 5.17. The number of aryl methyl sites for hydroxylation is 1. The van der Waals surface area contributed by atoms with E-state index in [9.17, 15) is 13.2 Å². The number of nitrogens with zero attached hydrogens (tertiary/aromatic N) is 2. The Labute approximate surface area is 179 Å². The third-order valence-electron chi connectivity index (χ3n) is 4.76. The van der Waals surface area contributed by atoms with Crippen LogP contribution in [-0.4, -0.2) is 31.3 Å². The summed E-state index contributed by atoms with van der Waals surface area (Å²) in [5.74, 6) is 0.337. The summed E-state index contributed by atoms with van der Waals surface area (Å²) in [4.78, 5) is 21.7. The lowest BCUT2D eigenvalue weighted by Crippen LogP contribution is -2.13. The van der Waals surface area contributed by atoms with Crippen LogP contribution in [0.15, 0.2) is 64.6 Å². The predicted molar refractivity (Wildman–Crippen MR) is 118 cm³/mol. The lowest BCUT2D eigenvalue weighted by atomic mass is 10.0. The van der Waals surface area contributed by atoms with E-state index in [0.717, 1.165) is 28.7 Å². The molecule has 1 amide bonds. The van der Waals surface area contributed by atoms with Gasteiger partial charge < -0.3 is 5.32 Å². The number of aliphatic imine (C=N–C) groups is 1. The summed E-state index contributed by atoms with van der Waals surface area (Å²) < 4.78 is 23.1. The number of anilines is 1. The van der Waals surface area contributed by atoms with E-state index >= 15 is 0 Å². The van der Waals surface area contributed by atoms with Crippen LogP contribution in [0, 0.1) is 6.92 Å². The van der Waals surface area contributed by atoms with Crippen molar-refractivity contribution in [3.05, 3.63) is 82.0 Å². The van der Waals surface area contributed by atoms with Crippen LogP contribution in [0.3, 0.4) is 0 Å². The number of carbonyl (C=O) groups is 1. The zero-order chi connectivity index (χ0) is 21.5. The highest BCUT2D eigenvalue weighted by Gasteiger charge is 2.20. The van der Waals surface area contributed by atoms with Crippen LogP contribution in [-0.2, 0) is 16.3 Å². The molecular formula is C22H18ClN3O3S. The van der Waals surface area contributed by atoms with Crippen LogP contribution >= 0.6 is 11.6 Å².